The van der Waals surface area contributed by atoms with Crippen LogP contribution in [0.15, 0.2) is 42.5 Å². The van der Waals surface area contributed by atoms with Gasteiger partial charge in [0.2, 0.25) is 0 Å². The molecule has 23 heavy (non-hydrogen) atoms. The Hall–Kier alpha value is -2.82. The van der Waals surface area contributed by atoms with Gasteiger partial charge in [0.25, 0.3) is 5.91 Å². The van der Waals surface area contributed by atoms with E-state index >= 15 is 0 Å². The van der Waals surface area contributed by atoms with Crippen molar-refractivity contribution in [1.82, 2.24) is 0 Å². The van der Waals surface area contributed by atoms with Gasteiger partial charge in [0.1, 0.15) is 5.75 Å². The highest BCUT2D eigenvalue weighted by atomic mass is 16.6. The average Bonchev–Trinajstić information content (AvgIpc) is 2.55. The first-order valence-electron chi connectivity index (χ1n) is 7.18. The first-order valence-corrected chi connectivity index (χ1v) is 7.18. The van der Waals surface area contributed by atoms with Crippen LogP contribution in [0.2, 0.25) is 0 Å². The molecule has 0 aliphatic carbocycles. The van der Waals surface area contributed by atoms with Crippen LogP contribution < -0.4 is 10.1 Å². The lowest BCUT2D eigenvalue weighted by atomic mass is 10.1. The van der Waals surface area contributed by atoms with Crippen molar-refractivity contribution in [3.8, 4) is 5.75 Å². The van der Waals surface area contributed by atoms with Crippen molar-refractivity contribution in [3.63, 3.8) is 0 Å². The number of carbonyl (C=O) groups excluding carboxylic acids is 2. The zero-order valence-electron chi connectivity index (χ0n) is 13.4. The van der Waals surface area contributed by atoms with Gasteiger partial charge in [0.05, 0.1) is 7.11 Å². The number of hydrogen-bond donors (Lipinski definition) is 1. The van der Waals surface area contributed by atoms with E-state index in [1.165, 1.54) is 7.11 Å². The summed E-state index contributed by atoms with van der Waals surface area (Å²) in [5.74, 6) is -0.166. The van der Waals surface area contributed by atoms with Gasteiger partial charge in [-0.25, -0.2) is 4.79 Å². The van der Waals surface area contributed by atoms with Crippen molar-refractivity contribution in [3.05, 3.63) is 59.2 Å². The van der Waals surface area contributed by atoms with Crippen LogP contribution in [0.3, 0.4) is 0 Å². The largest absolute Gasteiger partial charge is 0.482 e. The molecule has 0 atom stereocenters. The molecular weight excluding hydrogens is 294 g/mol. The molecule has 0 bridgehead atoms. The zero-order chi connectivity index (χ0) is 16.8. The molecule has 120 valence electrons. The summed E-state index contributed by atoms with van der Waals surface area (Å²) in [7, 11) is 1.30. The molecule has 0 radical (unpaired) electrons. The lowest BCUT2D eigenvalue weighted by molar-refractivity contribution is -0.142. The van der Waals surface area contributed by atoms with E-state index in [2.05, 4.69) is 10.1 Å². The third-order valence-electron chi connectivity index (χ3n) is 3.31. The molecule has 0 spiro atoms. The Morgan fingerprint density at radius 3 is 2.61 bits per heavy atom. The summed E-state index contributed by atoms with van der Waals surface area (Å²) in [6.07, 6.45) is 0. The number of ether oxygens (including phenoxy) is 2. The molecule has 0 heterocycles. The van der Waals surface area contributed by atoms with E-state index in [0.29, 0.717) is 17.0 Å². The number of carbonyl (C=O) groups is 2. The normalized spacial score (nSPS) is 10.0. The monoisotopic (exact) mass is 313 g/mol. The van der Waals surface area contributed by atoms with Crippen LogP contribution in [0.4, 0.5) is 5.69 Å². The van der Waals surface area contributed by atoms with Crippen LogP contribution in [-0.4, -0.2) is 25.6 Å². The Balaban J connectivity index is 2.09. The van der Waals surface area contributed by atoms with Gasteiger partial charge in [0.15, 0.2) is 6.61 Å². The Kier molecular flexibility index (Phi) is 5.36. The van der Waals surface area contributed by atoms with Crippen LogP contribution in [-0.2, 0) is 9.53 Å². The van der Waals surface area contributed by atoms with Crippen LogP contribution in [0.1, 0.15) is 21.5 Å². The predicted molar refractivity (Wildman–Crippen MR) is 87.8 cm³/mol. The molecule has 0 aromatic heterocycles. The first kappa shape index (κ1) is 16.5. The number of nitrogens with one attached hydrogen (secondary N) is 1. The maximum absolute atomic E-state index is 12.4. The van der Waals surface area contributed by atoms with Gasteiger partial charge in [-0.2, -0.15) is 0 Å². The van der Waals surface area contributed by atoms with Gasteiger partial charge in [-0.15, -0.1) is 0 Å². The number of rotatable bonds is 5. The SMILES string of the molecule is COC(=O)COc1cccc(NC(=O)c2cc(C)ccc2C)c1. The van der Waals surface area contributed by atoms with Crippen LogP contribution in [0.25, 0.3) is 0 Å². The van der Waals surface area contributed by atoms with Gasteiger partial charge < -0.3 is 14.8 Å². The van der Waals surface area contributed by atoms with E-state index in [1.807, 2.05) is 32.0 Å². The Bertz CT molecular complexity index is 725. The minimum absolute atomic E-state index is 0.176. The van der Waals surface area contributed by atoms with Gasteiger partial charge in [-0.3, -0.25) is 4.79 Å². The molecule has 1 N–H and O–H groups in total. The number of esters is 1. The predicted octanol–water partition coefficient (Wildman–Crippen LogP) is 3.11. The van der Waals surface area contributed by atoms with Crippen LogP contribution in [0.5, 0.6) is 5.75 Å². The molecule has 2 aromatic carbocycles. The molecular formula is C18H19NO4. The fourth-order valence-electron chi connectivity index (χ4n) is 2.04. The molecule has 0 fully saturated rings. The maximum Gasteiger partial charge on any atom is 0.343 e. The van der Waals surface area contributed by atoms with Crippen molar-refractivity contribution in [1.29, 1.82) is 0 Å². The molecule has 0 aliphatic rings. The van der Waals surface area contributed by atoms with Gasteiger partial charge in [-0.05, 0) is 37.6 Å². The highest BCUT2D eigenvalue weighted by molar-refractivity contribution is 6.05. The fourth-order valence-corrected chi connectivity index (χ4v) is 2.04. The van der Waals surface area contributed by atoms with Crippen LogP contribution >= 0.6 is 0 Å². The Morgan fingerprint density at radius 2 is 1.87 bits per heavy atom. The van der Waals surface area contributed by atoms with E-state index in [4.69, 9.17) is 4.74 Å². The van der Waals surface area contributed by atoms with Gasteiger partial charge >= 0.3 is 5.97 Å². The molecule has 0 saturated heterocycles. The van der Waals surface area contributed by atoms with E-state index < -0.39 is 5.97 Å². The number of anilines is 1. The van der Waals surface area contributed by atoms with E-state index in [-0.39, 0.29) is 12.5 Å². The lowest BCUT2D eigenvalue weighted by Gasteiger charge is -2.10. The molecule has 5 heteroatoms. The summed E-state index contributed by atoms with van der Waals surface area (Å²) >= 11 is 0. The summed E-state index contributed by atoms with van der Waals surface area (Å²) in [5.41, 5.74) is 3.16. The highest BCUT2D eigenvalue weighted by Gasteiger charge is 2.10. The maximum atomic E-state index is 12.4. The fraction of sp³-hybridized carbons (Fsp3) is 0.222. The topological polar surface area (TPSA) is 64.6 Å². The van der Waals surface area contributed by atoms with E-state index in [9.17, 15) is 9.59 Å². The van der Waals surface area contributed by atoms with Gasteiger partial charge in [0, 0.05) is 17.3 Å². The third kappa shape index (κ3) is 4.57. The number of amides is 1. The number of methoxy groups -OCH3 is 1. The summed E-state index contributed by atoms with van der Waals surface area (Å²) in [6, 6.07) is 12.6. The van der Waals surface area contributed by atoms with Crippen LogP contribution in [0, 0.1) is 13.8 Å². The summed E-state index contributed by atoms with van der Waals surface area (Å²) in [5, 5.41) is 2.83. The standard InChI is InChI=1S/C18H19NO4/c1-12-7-8-13(2)16(9-12)18(21)19-14-5-4-6-15(10-14)23-11-17(20)22-3/h4-10H,11H2,1-3H3,(H,19,21). The van der Waals surface area contributed by atoms with Crippen molar-refractivity contribution in [2.24, 2.45) is 0 Å². The first-order chi connectivity index (χ1) is 11.0. The van der Waals surface area contributed by atoms with Crippen molar-refractivity contribution in [2.75, 3.05) is 19.0 Å². The number of aryl methyl sites for hydroxylation is 2. The van der Waals surface area contributed by atoms with E-state index in [1.54, 1.807) is 24.3 Å². The zero-order valence-corrected chi connectivity index (χ0v) is 13.4. The Morgan fingerprint density at radius 1 is 1.09 bits per heavy atom. The molecule has 1 amide bonds. The molecule has 5 nitrogen and oxygen atoms in total. The Labute approximate surface area is 135 Å². The van der Waals surface area contributed by atoms with Crippen molar-refractivity contribution >= 4 is 17.6 Å². The number of hydrogen-bond acceptors (Lipinski definition) is 4. The second kappa shape index (κ2) is 7.45. The minimum Gasteiger partial charge on any atom is -0.482 e. The minimum atomic E-state index is -0.463. The molecule has 2 aromatic rings. The summed E-state index contributed by atoms with van der Waals surface area (Å²) < 4.78 is 9.82. The lowest BCUT2D eigenvalue weighted by Crippen LogP contribution is -2.14. The second-order valence-corrected chi connectivity index (χ2v) is 5.17. The average molecular weight is 313 g/mol. The van der Waals surface area contributed by atoms with E-state index in [0.717, 1.165) is 11.1 Å². The molecule has 0 unspecified atom stereocenters. The third-order valence-corrected chi connectivity index (χ3v) is 3.31. The number of benzene rings is 2. The smallest absolute Gasteiger partial charge is 0.343 e. The second-order valence-electron chi connectivity index (χ2n) is 5.17. The van der Waals surface area contributed by atoms with Gasteiger partial charge in [-0.1, -0.05) is 23.8 Å². The molecule has 0 aliphatic heterocycles. The van der Waals surface area contributed by atoms with Crippen molar-refractivity contribution < 1.29 is 19.1 Å². The molecule has 2 rings (SSSR count). The summed E-state index contributed by atoms with van der Waals surface area (Å²) in [4.78, 5) is 23.5. The molecule has 0 saturated carbocycles. The summed E-state index contributed by atoms with van der Waals surface area (Å²) in [6.45, 7) is 3.66. The quantitative estimate of drug-likeness (QED) is 0.861. The highest BCUT2D eigenvalue weighted by Crippen LogP contribution is 2.19. The van der Waals surface area contributed by atoms with Crippen molar-refractivity contribution in [2.45, 2.75) is 13.8 Å².